The van der Waals surface area contributed by atoms with Crippen LogP contribution in [0.4, 0.5) is 0 Å². The minimum absolute atomic E-state index is 0.0138. The predicted octanol–water partition coefficient (Wildman–Crippen LogP) is 5.68. The summed E-state index contributed by atoms with van der Waals surface area (Å²) in [6.07, 6.45) is 5.93. The highest BCUT2D eigenvalue weighted by Crippen LogP contribution is 2.53. The zero-order valence-electron chi connectivity index (χ0n) is 16.4. The second-order valence-corrected chi connectivity index (χ2v) is 8.21. The van der Waals surface area contributed by atoms with E-state index in [9.17, 15) is 10.2 Å². The van der Waals surface area contributed by atoms with E-state index < -0.39 is 5.60 Å². The standard InChI is InChI=1S/C25H28O2/c1-4-17-8-10-18(11-9-17)21-15-22-19(6-5-13-25(22,3)27)24(21)20-12-7-16(2)14-23(20)26/h7-12,14-15,24,26-27H,4-6,13H2,1-3H3. The highest BCUT2D eigenvalue weighted by atomic mass is 16.3. The van der Waals surface area contributed by atoms with Crippen LogP contribution in [-0.2, 0) is 6.42 Å². The van der Waals surface area contributed by atoms with Gasteiger partial charge in [0.2, 0.25) is 0 Å². The molecule has 2 aliphatic carbocycles. The van der Waals surface area contributed by atoms with Crippen LogP contribution in [-0.4, -0.2) is 15.8 Å². The van der Waals surface area contributed by atoms with Gasteiger partial charge in [0.25, 0.3) is 0 Å². The highest BCUT2D eigenvalue weighted by molar-refractivity contribution is 5.83. The monoisotopic (exact) mass is 360 g/mol. The third-order valence-electron chi connectivity index (χ3n) is 6.19. The van der Waals surface area contributed by atoms with Gasteiger partial charge < -0.3 is 10.2 Å². The molecular formula is C25H28O2. The van der Waals surface area contributed by atoms with E-state index in [1.807, 2.05) is 26.0 Å². The number of phenols is 1. The summed E-state index contributed by atoms with van der Waals surface area (Å²) in [4.78, 5) is 0. The van der Waals surface area contributed by atoms with E-state index in [1.54, 1.807) is 0 Å². The molecule has 0 aromatic heterocycles. The zero-order valence-corrected chi connectivity index (χ0v) is 16.4. The SMILES string of the molecule is CCc1ccc(C2=CC3=C(CCCC3(C)O)C2c2ccc(C)cc2O)cc1. The van der Waals surface area contributed by atoms with Gasteiger partial charge in [-0.3, -0.25) is 0 Å². The Kier molecular flexibility index (Phi) is 4.47. The molecular weight excluding hydrogens is 332 g/mol. The van der Waals surface area contributed by atoms with Gasteiger partial charge in [0, 0.05) is 11.5 Å². The van der Waals surface area contributed by atoms with Crippen molar-refractivity contribution >= 4 is 5.57 Å². The van der Waals surface area contributed by atoms with Crippen molar-refractivity contribution in [1.29, 1.82) is 0 Å². The molecule has 140 valence electrons. The van der Waals surface area contributed by atoms with Crippen LogP contribution in [0, 0.1) is 6.92 Å². The average Bonchev–Trinajstić information content (AvgIpc) is 3.03. The maximum atomic E-state index is 11.0. The van der Waals surface area contributed by atoms with Crippen LogP contribution in [0.2, 0.25) is 0 Å². The first-order valence-electron chi connectivity index (χ1n) is 9.97. The quantitative estimate of drug-likeness (QED) is 0.740. The molecule has 4 rings (SSSR count). The van der Waals surface area contributed by atoms with Crippen molar-refractivity contribution < 1.29 is 10.2 Å². The third kappa shape index (κ3) is 3.12. The summed E-state index contributed by atoms with van der Waals surface area (Å²) in [5, 5.41) is 21.7. The number of hydrogen-bond acceptors (Lipinski definition) is 2. The van der Waals surface area contributed by atoms with E-state index in [4.69, 9.17) is 0 Å². The van der Waals surface area contributed by atoms with Crippen LogP contribution in [0.3, 0.4) is 0 Å². The number of aliphatic hydroxyl groups is 1. The molecule has 0 spiro atoms. The Labute approximate surface area is 161 Å². The molecule has 2 unspecified atom stereocenters. The predicted molar refractivity (Wildman–Crippen MR) is 111 cm³/mol. The number of benzene rings is 2. The summed E-state index contributed by atoms with van der Waals surface area (Å²) < 4.78 is 0. The molecule has 2 aliphatic rings. The summed E-state index contributed by atoms with van der Waals surface area (Å²) in [6.45, 7) is 6.08. The lowest BCUT2D eigenvalue weighted by Crippen LogP contribution is -2.29. The Balaban J connectivity index is 1.87. The second-order valence-electron chi connectivity index (χ2n) is 8.21. The van der Waals surface area contributed by atoms with Crippen molar-refractivity contribution in [2.45, 2.75) is 58.0 Å². The van der Waals surface area contributed by atoms with Gasteiger partial charge in [-0.05, 0) is 73.4 Å². The molecule has 2 aromatic rings. The van der Waals surface area contributed by atoms with Crippen LogP contribution >= 0.6 is 0 Å². The summed E-state index contributed by atoms with van der Waals surface area (Å²) >= 11 is 0. The van der Waals surface area contributed by atoms with Gasteiger partial charge in [-0.25, -0.2) is 0 Å². The summed E-state index contributed by atoms with van der Waals surface area (Å²) in [5.41, 5.74) is 7.18. The molecule has 0 heterocycles. The van der Waals surface area contributed by atoms with Crippen LogP contribution < -0.4 is 0 Å². The van der Waals surface area contributed by atoms with Crippen molar-refractivity contribution in [2.75, 3.05) is 0 Å². The van der Waals surface area contributed by atoms with Gasteiger partial charge in [0.05, 0.1) is 5.60 Å². The van der Waals surface area contributed by atoms with Gasteiger partial charge in [-0.15, -0.1) is 0 Å². The Morgan fingerprint density at radius 2 is 1.85 bits per heavy atom. The van der Waals surface area contributed by atoms with Crippen LogP contribution in [0.15, 0.2) is 59.7 Å². The van der Waals surface area contributed by atoms with Gasteiger partial charge in [-0.1, -0.05) is 55.0 Å². The average molecular weight is 360 g/mol. The molecule has 0 amide bonds. The molecule has 2 N–H and O–H groups in total. The summed E-state index contributed by atoms with van der Waals surface area (Å²) in [5.74, 6) is 0.356. The Morgan fingerprint density at radius 1 is 1.11 bits per heavy atom. The Bertz CT molecular complexity index is 929. The molecule has 0 radical (unpaired) electrons. The number of aryl methyl sites for hydroxylation is 2. The minimum atomic E-state index is -0.794. The fourth-order valence-electron chi connectivity index (χ4n) is 4.65. The number of aromatic hydroxyl groups is 1. The molecule has 2 nitrogen and oxygen atoms in total. The Hall–Kier alpha value is -2.32. The molecule has 27 heavy (non-hydrogen) atoms. The van der Waals surface area contributed by atoms with Crippen molar-refractivity contribution in [2.24, 2.45) is 0 Å². The molecule has 0 saturated carbocycles. The molecule has 0 fully saturated rings. The maximum Gasteiger partial charge on any atom is 0.119 e. The lowest BCUT2D eigenvalue weighted by atomic mass is 9.76. The van der Waals surface area contributed by atoms with Gasteiger partial charge >= 0.3 is 0 Å². The van der Waals surface area contributed by atoms with Crippen molar-refractivity contribution in [3.63, 3.8) is 0 Å². The normalized spacial score (nSPS) is 24.7. The smallest absolute Gasteiger partial charge is 0.119 e. The Morgan fingerprint density at radius 3 is 2.52 bits per heavy atom. The first-order valence-corrected chi connectivity index (χ1v) is 9.97. The lowest BCUT2D eigenvalue weighted by Gasteiger charge is -2.32. The largest absolute Gasteiger partial charge is 0.508 e. The van der Waals surface area contributed by atoms with Crippen molar-refractivity contribution in [1.82, 2.24) is 0 Å². The number of allylic oxidation sites excluding steroid dienone is 2. The van der Waals surface area contributed by atoms with Crippen LogP contribution in [0.25, 0.3) is 5.57 Å². The van der Waals surface area contributed by atoms with Gasteiger partial charge in [0.1, 0.15) is 5.75 Å². The highest BCUT2D eigenvalue weighted by Gasteiger charge is 2.40. The first-order chi connectivity index (χ1) is 12.9. The van der Waals surface area contributed by atoms with Gasteiger partial charge in [0.15, 0.2) is 0 Å². The topological polar surface area (TPSA) is 40.5 Å². The zero-order chi connectivity index (χ0) is 19.2. The molecule has 0 saturated heterocycles. The molecule has 2 heteroatoms. The van der Waals surface area contributed by atoms with Crippen molar-refractivity contribution in [3.05, 3.63) is 81.9 Å². The van der Waals surface area contributed by atoms with E-state index in [1.165, 1.54) is 22.3 Å². The van der Waals surface area contributed by atoms with E-state index >= 15 is 0 Å². The van der Waals surface area contributed by atoms with Crippen LogP contribution in [0.5, 0.6) is 5.75 Å². The summed E-state index contributed by atoms with van der Waals surface area (Å²) in [6, 6.07) is 14.7. The molecule has 0 bridgehead atoms. The third-order valence-corrected chi connectivity index (χ3v) is 6.19. The lowest BCUT2D eigenvalue weighted by molar-refractivity contribution is 0.0835. The number of phenolic OH excluding ortho intramolecular Hbond substituents is 1. The second kappa shape index (κ2) is 6.69. The fraction of sp³-hybridized carbons (Fsp3) is 0.360. The van der Waals surface area contributed by atoms with E-state index in [-0.39, 0.29) is 5.92 Å². The van der Waals surface area contributed by atoms with Crippen LogP contribution in [0.1, 0.15) is 61.3 Å². The van der Waals surface area contributed by atoms with E-state index in [0.29, 0.717) is 5.75 Å². The number of rotatable bonds is 3. The molecule has 2 atom stereocenters. The van der Waals surface area contributed by atoms with Gasteiger partial charge in [-0.2, -0.15) is 0 Å². The number of hydrogen-bond donors (Lipinski definition) is 2. The van der Waals surface area contributed by atoms with Crippen molar-refractivity contribution in [3.8, 4) is 5.75 Å². The van der Waals surface area contributed by atoms with E-state index in [0.717, 1.165) is 42.4 Å². The summed E-state index contributed by atoms with van der Waals surface area (Å²) in [7, 11) is 0. The molecule has 0 aliphatic heterocycles. The molecule has 2 aromatic carbocycles. The maximum absolute atomic E-state index is 11.0. The van der Waals surface area contributed by atoms with E-state index in [2.05, 4.69) is 43.3 Å². The fourth-order valence-corrected chi connectivity index (χ4v) is 4.65. The first kappa shape index (κ1) is 18.1. The minimum Gasteiger partial charge on any atom is -0.508 e.